The second kappa shape index (κ2) is 7.26. The first-order valence-corrected chi connectivity index (χ1v) is 7.98. The molecule has 0 atom stereocenters. The number of hydrogen-bond donors (Lipinski definition) is 1. The van der Waals surface area contributed by atoms with Gasteiger partial charge in [-0.1, -0.05) is 12.1 Å². The SMILES string of the molecule is COc1cc(OC)cc(C(=O)N(C)Cc2nc3ccccc3c(=O)[nH]2)c1. The van der Waals surface area contributed by atoms with Crippen molar-refractivity contribution in [1.29, 1.82) is 0 Å². The average molecular weight is 353 g/mol. The van der Waals surface area contributed by atoms with Crippen molar-refractivity contribution in [3.63, 3.8) is 0 Å². The molecule has 0 radical (unpaired) electrons. The molecule has 0 bridgehead atoms. The van der Waals surface area contributed by atoms with Crippen molar-refractivity contribution in [2.45, 2.75) is 6.54 Å². The molecule has 7 heteroatoms. The zero-order valence-corrected chi connectivity index (χ0v) is 14.8. The third-order valence-electron chi connectivity index (χ3n) is 3.99. The number of ether oxygens (including phenoxy) is 2. The van der Waals surface area contributed by atoms with Gasteiger partial charge in [0.25, 0.3) is 11.5 Å². The van der Waals surface area contributed by atoms with E-state index < -0.39 is 0 Å². The van der Waals surface area contributed by atoms with Gasteiger partial charge in [0.15, 0.2) is 0 Å². The third-order valence-corrected chi connectivity index (χ3v) is 3.99. The highest BCUT2D eigenvalue weighted by Crippen LogP contribution is 2.23. The van der Waals surface area contributed by atoms with Crippen molar-refractivity contribution >= 4 is 16.8 Å². The number of carbonyl (C=O) groups is 1. The Bertz CT molecular complexity index is 991. The van der Waals surface area contributed by atoms with Gasteiger partial charge in [0.05, 0.1) is 31.7 Å². The minimum Gasteiger partial charge on any atom is -0.497 e. The lowest BCUT2D eigenvalue weighted by atomic mass is 10.1. The van der Waals surface area contributed by atoms with E-state index >= 15 is 0 Å². The zero-order valence-electron chi connectivity index (χ0n) is 14.8. The summed E-state index contributed by atoms with van der Waals surface area (Å²) < 4.78 is 10.4. The quantitative estimate of drug-likeness (QED) is 0.760. The molecule has 1 aromatic heterocycles. The minimum absolute atomic E-state index is 0.165. The number of aromatic nitrogens is 2. The van der Waals surface area contributed by atoms with E-state index in [1.165, 1.54) is 19.1 Å². The van der Waals surface area contributed by atoms with E-state index in [2.05, 4.69) is 9.97 Å². The van der Waals surface area contributed by atoms with Gasteiger partial charge in [-0.15, -0.1) is 0 Å². The van der Waals surface area contributed by atoms with Crippen LogP contribution in [0.4, 0.5) is 0 Å². The topological polar surface area (TPSA) is 84.5 Å². The van der Waals surface area contributed by atoms with E-state index in [9.17, 15) is 9.59 Å². The number of para-hydroxylation sites is 1. The summed E-state index contributed by atoms with van der Waals surface area (Å²) in [5.41, 5.74) is 0.788. The summed E-state index contributed by atoms with van der Waals surface area (Å²) in [7, 11) is 4.69. The van der Waals surface area contributed by atoms with Crippen molar-refractivity contribution in [1.82, 2.24) is 14.9 Å². The maximum absolute atomic E-state index is 12.7. The summed E-state index contributed by atoms with van der Waals surface area (Å²) in [6.07, 6.45) is 0. The number of nitrogens with zero attached hydrogens (tertiary/aromatic N) is 2. The van der Waals surface area contributed by atoms with Gasteiger partial charge in [0.2, 0.25) is 0 Å². The Hall–Kier alpha value is -3.35. The van der Waals surface area contributed by atoms with Crippen LogP contribution in [-0.4, -0.2) is 42.0 Å². The van der Waals surface area contributed by atoms with E-state index in [1.54, 1.807) is 43.4 Å². The highest BCUT2D eigenvalue weighted by Gasteiger charge is 2.16. The molecule has 1 amide bonds. The highest BCUT2D eigenvalue weighted by atomic mass is 16.5. The molecule has 1 N–H and O–H groups in total. The number of benzene rings is 2. The molecule has 2 aromatic carbocycles. The van der Waals surface area contributed by atoms with Crippen LogP contribution in [-0.2, 0) is 6.54 Å². The van der Waals surface area contributed by atoms with Gasteiger partial charge < -0.3 is 19.4 Å². The van der Waals surface area contributed by atoms with Gasteiger partial charge in [-0.2, -0.15) is 0 Å². The molecule has 0 aliphatic carbocycles. The van der Waals surface area contributed by atoms with Gasteiger partial charge in [-0.3, -0.25) is 9.59 Å². The first-order valence-electron chi connectivity index (χ1n) is 7.98. The van der Waals surface area contributed by atoms with Crippen LogP contribution in [0.25, 0.3) is 10.9 Å². The zero-order chi connectivity index (χ0) is 18.7. The van der Waals surface area contributed by atoms with Crippen LogP contribution in [0, 0.1) is 0 Å². The van der Waals surface area contributed by atoms with Crippen molar-refractivity contribution in [3.05, 3.63) is 64.2 Å². The van der Waals surface area contributed by atoms with Crippen molar-refractivity contribution in [2.24, 2.45) is 0 Å². The fourth-order valence-electron chi connectivity index (χ4n) is 2.66. The normalized spacial score (nSPS) is 10.6. The Morgan fingerprint density at radius 2 is 1.77 bits per heavy atom. The smallest absolute Gasteiger partial charge is 0.258 e. The molecule has 0 aliphatic heterocycles. The standard InChI is InChI=1S/C19H19N3O4/c1-22(19(24)12-8-13(25-2)10-14(9-12)26-3)11-17-20-16-7-5-4-6-15(16)18(23)21-17/h4-10H,11H2,1-3H3,(H,20,21,23). The summed E-state index contributed by atoms with van der Waals surface area (Å²) in [5.74, 6) is 1.23. The molecular weight excluding hydrogens is 334 g/mol. The second-order valence-electron chi connectivity index (χ2n) is 5.79. The Kier molecular flexibility index (Phi) is 4.88. The molecule has 1 heterocycles. The number of amides is 1. The molecular formula is C19H19N3O4. The summed E-state index contributed by atoms with van der Waals surface area (Å²) in [6, 6.07) is 12.0. The van der Waals surface area contributed by atoms with Crippen LogP contribution < -0.4 is 15.0 Å². The van der Waals surface area contributed by atoms with E-state index in [4.69, 9.17) is 9.47 Å². The molecule has 0 fully saturated rings. The fraction of sp³-hybridized carbons (Fsp3) is 0.211. The summed E-state index contributed by atoms with van der Waals surface area (Å²) >= 11 is 0. The second-order valence-corrected chi connectivity index (χ2v) is 5.79. The molecule has 0 aliphatic rings. The fourth-order valence-corrected chi connectivity index (χ4v) is 2.66. The maximum Gasteiger partial charge on any atom is 0.258 e. The molecule has 26 heavy (non-hydrogen) atoms. The molecule has 0 saturated heterocycles. The van der Waals surface area contributed by atoms with Crippen molar-refractivity contribution in [2.75, 3.05) is 21.3 Å². The Morgan fingerprint density at radius 3 is 2.42 bits per heavy atom. The first-order chi connectivity index (χ1) is 12.5. The lowest BCUT2D eigenvalue weighted by molar-refractivity contribution is 0.0781. The lowest BCUT2D eigenvalue weighted by Gasteiger charge is -2.17. The molecule has 0 unspecified atom stereocenters. The van der Waals surface area contributed by atoms with Crippen LogP contribution >= 0.6 is 0 Å². The number of nitrogens with one attached hydrogen (secondary N) is 1. The van der Waals surface area contributed by atoms with Gasteiger partial charge in [-0.05, 0) is 24.3 Å². The molecule has 0 saturated carbocycles. The molecule has 7 nitrogen and oxygen atoms in total. The molecule has 134 valence electrons. The van der Waals surface area contributed by atoms with E-state index in [1.807, 2.05) is 6.07 Å². The van der Waals surface area contributed by atoms with Crippen molar-refractivity contribution in [3.8, 4) is 11.5 Å². The monoisotopic (exact) mass is 353 g/mol. The average Bonchev–Trinajstić information content (AvgIpc) is 2.66. The van der Waals surface area contributed by atoms with Crippen molar-refractivity contribution < 1.29 is 14.3 Å². The number of rotatable bonds is 5. The Labute approximate surface area is 150 Å². The van der Waals surface area contributed by atoms with E-state index in [0.717, 1.165) is 0 Å². The largest absolute Gasteiger partial charge is 0.497 e. The molecule has 3 rings (SSSR count). The number of methoxy groups -OCH3 is 2. The van der Waals surface area contributed by atoms with Crippen LogP contribution in [0.5, 0.6) is 11.5 Å². The lowest BCUT2D eigenvalue weighted by Crippen LogP contribution is -2.28. The molecule has 0 spiro atoms. The number of H-pyrrole nitrogens is 1. The summed E-state index contributed by atoms with van der Waals surface area (Å²) in [4.78, 5) is 33.5. The van der Waals surface area contributed by atoms with E-state index in [-0.39, 0.29) is 18.0 Å². The number of fused-ring (bicyclic) bond motifs is 1. The summed E-state index contributed by atoms with van der Waals surface area (Å²) in [5, 5.41) is 0.516. The predicted octanol–water partition coefficient (Wildman–Crippen LogP) is 2.21. The number of hydrogen-bond acceptors (Lipinski definition) is 5. The Balaban J connectivity index is 1.87. The maximum atomic E-state index is 12.7. The highest BCUT2D eigenvalue weighted by molar-refractivity contribution is 5.95. The summed E-state index contributed by atoms with van der Waals surface area (Å²) in [6.45, 7) is 0.165. The third kappa shape index (κ3) is 3.51. The Morgan fingerprint density at radius 1 is 1.12 bits per heavy atom. The van der Waals surface area contributed by atoms with Crippen LogP contribution in [0.2, 0.25) is 0 Å². The van der Waals surface area contributed by atoms with Gasteiger partial charge in [0, 0.05) is 18.7 Å². The molecule has 3 aromatic rings. The van der Waals surface area contributed by atoms with Crippen LogP contribution in [0.15, 0.2) is 47.3 Å². The number of aromatic amines is 1. The van der Waals surface area contributed by atoms with E-state index in [0.29, 0.717) is 33.8 Å². The van der Waals surface area contributed by atoms with Crippen LogP contribution in [0.3, 0.4) is 0 Å². The van der Waals surface area contributed by atoms with Gasteiger partial charge in [0.1, 0.15) is 17.3 Å². The predicted molar refractivity (Wildman–Crippen MR) is 97.7 cm³/mol. The first kappa shape index (κ1) is 17.5. The minimum atomic E-state index is -0.238. The number of carbonyl (C=O) groups excluding carboxylic acids is 1. The van der Waals surface area contributed by atoms with Gasteiger partial charge in [-0.25, -0.2) is 4.98 Å². The van der Waals surface area contributed by atoms with Crippen LogP contribution in [0.1, 0.15) is 16.2 Å². The van der Waals surface area contributed by atoms with Gasteiger partial charge >= 0.3 is 0 Å².